The number of nitrogens with zero attached hydrogens (tertiary/aromatic N) is 2. The van der Waals surface area contributed by atoms with Crippen LogP contribution >= 0.6 is 11.6 Å². The molecule has 0 saturated carbocycles. The van der Waals surface area contributed by atoms with Crippen LogP contribution in [0.2, 0.25) is 5.02 Å². The van der Waals surface area contributed by atoms with Crippen molar-refractivity contribution >= 4 is 29.1 Å². The number of rotatable bonds is 5. The molecule has 0 saturated heterocycles. The Hall–Kier alpha value is -3.26. The van der Waals surface area contributed by atoms with Crippen molar-refractivity contribution < 1.29 is 14.0 Å². The van der Waals surface area contributed by atoms with E-state index in [2.05, 4.69) is 25.6 Å². The van der Waals surface area contributed by atoms with E-state index in [4.69, 9.17) is 11.6 Å². The lowest BCUT2D eigenvalue weighted by atomic mass is 10.1. The third kappa shape index (κ3) is 4.68. The highest BCUT2D eigenvalue weighted by Crippen LogP contribution is 2.16. The third-order valence-corrected chi connectivity index (χ3v) is 3.96. The van der Waals surface area contributed by atoms with E-state index in [1.807, 2.05) is 0 Å². The number of carbonyl (C=O) groups excluding carboxylic acids is 2. The molecule has 3 aromatic rings. The molecule has 138 valence electrons. The molecule has 2 aromatic heterocycles. The minimum atomic E-state index is -0.658. The van der Waals surface area contributed by atoms with Crippen LogP contribution in [0.1, 0.15) is 32.4 Å². The van der Waals surface area contributed by atoms with Crippen molar-refractivity contribution in [2.45, 2.75) is 13.5 Å². The molecule has 0 atom stereocenters. The second-order valence-electron chi connectivity index (χ2n) is 5.68. The maximum Gasteiger partial charge on any atom is 0.273 e. The number of amides is 2. The van der Waals surface area contributed by atoms with Gasteiger partial charge in [-0.05, 0) is 37.3 Å². The molecule has 3 N–H and O–H groups in total. The Morgan fingerprint density at radius 2 is 2.04 bits per heavy atom. The van der Waals surface area contributed by atoms with Crippen molar-refractivity contribution in [1.29, 1.82) is 0 Å². The first kappa shape index (κ1) is 18.5. The van der Waals surface area contributed by atoms with Crippen molar-refractivity contribution in [1.82, 2.24) is 20.3 Å². The highest BCUT2D eigenvalue weighted by Gasteiger charge is 2.13. The number of benzene rings is 1. The first-order chi connectivity index (χ1) is 12.9. The molecule has 0 fully saturated rings. The fourth-order valence-electron chi connectivity index (χ4n) is 2.34. The van der Waals surface area contributed by atoms with Crippen LogP contribution in [0.3, 0.4) is 0 Å². The molecule has 0 aliphatic carbocycles. The van der Waals surface area contributed by atoms with Gasteiger partial charge in [-0.15, -0.1) is 0 Å². The number of H-pyrrole nitrogens is 1. The molecule has 9 heteroatoms. The summed E-state index contributed by atoms with van der Waals surface area (Å²) in [7, 11) is 0. The molecule has 27 heavy (non-hydrogen) atoms. The molecule has 2 amide bonds. The standard InChI is InChI=1S/C18H15ClFN5O2/c1-10-22-9-16(24-10)18(27)25-13-6-11(5-12(20)7-13)17(26)23-8-15-14(19)3-2-4-21-15/h2-7,9H,8H2,1H3,(H,22,24)(H,23,26)(H,25,27). The molecule has 7 nitrogen and oxygen atoms in total. The van der Waals surface area contributed by atoms with Crippen molar-refractivity contribution in [3.63, 3.8) is 0 Å². The number of hydrogen-bond donors (Lipinski definition) is 3. The predicted molar refractivity (Wildman–Crippen MR) is 98.1 cm³/mol. The van der Waals surface area contributed by atoms with Crippen LogP contribution in [-0.2, 0) is 6.54 Å². The Labute approximate surface area is 159 Å². The van der Waals surface area contributed by atoms with E-state index >= 15 is 0 Å². The van der Waals surface area contributed by atoms with E-state index in [0.717, 1.165) is 12.1 Å². The smallest absolute Gasteiger partial charge is 0.273 e. The van der Waals surface area contributed by atoms with Crippen molar-refractivity contribution in [2.24, 2.45) is 0 Å². The lowest BCUT2D eigenvalue weighted by molar-refractivity contribution is 0.0948. The van der Waals surface area contributed by atoms with Crippen LogP contribution < -0.4 is 10.6 Å². The Morgan fingerprint density at radius 1 is 1.22 bits per heavy atom. The number of aromatic nitrogens is 3. The second kappa shape index (κ2) is 7.96. The molecule has 1 aromatic carbocycles. The Bertz CT molecular complexity index is 1000. The van der Waals surface area contributed by atoms with Crippen LogP contribution in [0.4, 0.5) is 10.1 Å². The van der Waals surface area contributed by atoms with Gasteiger partial charge in [0.05, 0.1) is 23.5 Å². The number of carbonyl (C=O) groups is 2. The maximum absolute atomic E-state index is 13.9. The third-order valence-electron chi connectivity index (χ3n) is 3.62. The molecule has 2 heterocycles. The van der Waals surface area contributed by atoms with Crippen molar-refractivity contribution in [3.05, 3.63) is 76.3 Å². The number of halogens is 2. The highest BCUT2D eigenvalue weighted by molar-refractivity contribution is 6.31. The number of aryl methyl sites for hydroxylation is 1. The van der Waals surface area contributed by atoms with Gasteiger partial charge in [0.2, 0.25) is 0 Å². The second-order valence-corrected chi connectivity index (χ2v) is 6.09. The Kier molecular flexibility index (Phi) is 5.46. The van der Waals surface area contributed by atoms with E-state index in [0.29, 0.717) is 16.5 Å². The van der Waals surface area contributed by atoms with E-state index in [-0.39, 0.29) is 23.5 Å². The molecular weight excluding hydrogens is 373 g/mol. The molecule has 3 rings (SSSR count). The predicted octanol–water partition coefficient (Wildman–Crippen LogP) is 3.09. The maximum atomic E-state index is 13.9. The molecule has 0 bridgehead atoms. The monoisotopic (exact) mass is 387 g/mol. The fraction of sp³-hybridized carbons (Fsp3) is 0.111. The number of pyridine rings is 1. The summed E-state index contributed by atoms with van der Waals surface area (Å²) in [4.78, 5) is 35.2. The van der Waals surface area contributed by atoms with E-state index in [1.165, 1.54) is 12.3 Å². The summed E-state index contributed by atoms with van der Waals surface area (Å²) in [5.74, 6) is -1.10. The lowest BCUT2D eigenvalue weighted by Crippen LogP contribution is -2.24. The summed E-state index contributed by atoms with van der Waals surface area (Å²) >= 11 is 5.99. The van der Waals surface area contributed by atoms with Crippen LogP contribution in [0.15, 0.2) is 42.7 Å². The van der Waals surface area contributed by atoms with Gasteiger partial charge >= 0.3 is 0 Å². The summed E-state index contributed by atoms with van der Waals surface area (Å²) in [6.07, 6.45) is 2.93. The molecule has 0 spiro atoms. The Balaban J connectivity index is 1.71. The van der Waals surface area contributed by atoms with Crippen LogP contribution in [-0.4, -0.2) is 26.8 Å². The average molecular weight is 388 g/mol. The molecule has 0 aliphatic rings. The van der Waals surface area contributed by atoms with Gasteiger partial charge in [-0.3, -0.25) is 14.6 Å². The molecular formula is C18H15ClFN5O2. The van der Waals surface area contributed by atoms with Crippen LogP contribution in [0.5, 0.6) is 0 Å². The van der Waals surface area contributed by atoms with Gasteiger partial charge in [0.25, 0.3) is 11.8 Å². The lowest BCUT2D eigenvalue weighted by Gasteiger charge is -2.09. The summed E-state index contributed by atoms with van der Waals surface area (Å²) in [5, 5.41) is 5.56. The first-order valence-corrected chi connectivity index (χ1v) is 8.31. The van der Waals surface area contributed by atoms with Crippen LogP contribution in [0.25, 0.3) is 0 Å². The number of imidazole rings is 1. The largest absolute Gasteiger partial charge is 0.346 e. The minimum absolute atomic E-state index is 0.0538. The van der Waals surface area contributed by atoms with Gasteiger partial charge in [-0.1, -0.05) is 11.6 Å². The van der Waals surface area contributed by atoms with Gasteiger partial charge in [0.15, 0.2) is 0 Å². The first-order valence-electron chi connectivity index (χ1n) is 7.93. The zero-order valence-electron chi connectivity index (χ0n) is 14.2. The molecule has 0 aliphatic heterocycles. The summed E-state index contributed by atoms with van der Waals surface area (Å²) in [6, 6.07) is 6.90. The zero-order valence-corrected chi connectivity index (χ0v) is 15.0. The van der Waals surface area contributed by atoms with Gasteiger partial charge in [-0.25, -0.2) is 9.37 Å². The van der Waals surface area contributed by atoms with Crippen molar-refractivity contribution in [2.75, 3.05) is 5.32 Å². The van der Waals surface area contributed by atoms with E-state index in [9.17, 15) is 14.0 Å². The van der Waals surface area contributed by atoms with Crippen LogP contribution in [0, 0.1) is 12.7 Å². The van der Waals surface area contributed by atoms with Gasteiger partial charge in [0.1, 0.15) is 17.3 Å². The average Bonchev–Trinajstić information content (AvgIpc) is 3.07. The molecule has 0 radical (unpaired) electrons. The normalized spacial score (nSPS) is 10.5. The number of anilines is 1. The van der Waals surface area contributed by atoms with Gasteiger partial charge in [-0.2, -0.15) is 0 Å². The van der Waals surface area contributed by atoms with Gasteiger partial charge in [0, 0.05) is 17.4 Å². The summed E-state index contributed by atoms with van der Waals surface area (Å²) < 4.78 is 13.9. The SMILES string of the molecule is Cc1ncc(C(=O)Nc2cc(F)cc(C(=O)NCc3ncccc3Cl)c2)[nH]1. The van der Waals surface area contributed by atoms with E-state index in [1.54, 1.807) is 25.3 Å². The fourth-order valence-corrected chi connectivity index (χ4v) is 2.53. The number of hydrogen-bond acceptors (Lipinski definition) is 4. The molecule has 0 unspecified atom stereocenters. The van der Waals surface area contributed by atoms with E-state index < -0.39 is 17.6 Å². The minimum Gasteiger partial charge on any atom is -0.346 e. The zero-order chi connectivity index (χ0) is 19.4. The summed E-state index contributed by atoms with van der Waals surface area (Å²) in [6.45, 7) is 1.79. The highest BCUT2D eigenvalue weighted by atomic mass is 35.5. The Morgan fingerprint density at radius 3 is 2.74 bits per heavy atom. The quantitative estimate of drug-likeness (QED) is 0.626. The van der Waals surface area contributed by atoms with Gasteiger partial charge < -0.3 is 15.6 Å². The number of aromatic amines is 1. The number of nitrogens with one attached hydrogen (secondary N) is 3. The summed E-state index contributed by atoms with van der Waals surface area (Å²) in [5.41, 5.74) is 0.922. The topological polar surface area (TPSA) is 99.8 Å². The van der Waals surface area contributed by atoms with Crippen molar-refractivity contribution in [3.8, 4) is 0 Å².